The Hall–Kier alpha value is -3.40. The summed E-state index contributed by atoms with van der Waals surface area (Å²) in [5.74, 6) is 0. The van der Waals surface area contributed by atoms with E-state index < -0.39 is 0 Å². The lowest BCUT2D eigenvalue weighted by molar-refractivity contribution is 0.00578. The molecule has 0 spiro atoms. The average Bonchev–Trinajstić information content (AvgIpc) is 3.13. The average molecular weight is 513 g/mol. The van der Waals surface area contributed by atoms with Crippen molar-refractivity contribution in [3.8, 4) is 22.3 Å². The quantitative estimate of drug-likeness (QED) is 0.225. The predicted octanol–water partition coefficient (Wildman–Crippen LogP) is 8.92. The van der Waals surface area contributed by atoms with Crippen LogP contribution in [0.1, 0.15) is 54.0 Å². The van der Waals surface area contributed by atoms with Gasteiger partial charge in [-0.2, -0.15) is 0 Å². The van der Waals surface area contributed by atoms with E-state index in [1.165, 1.54) is 49.4 Å². The molecule has 5 aromatic carbocycles. The van der Waals surface area contributed by atoms with Crippen LogP contribution in [-0.4, -0.2) is 18.3 Å². The molecule has 0 bridgehead atoms. The van der Waals surface area contributed by atoms with Gasteiger partial charge in [0.15, 0.2) is 0 Å². The van der Waals surface area contributed by atoms with Crippen molar-refractivity contribution in [2.45, 2.75) is 65.1 Å². The van der Waals surface area contributed by atoms with Gasteiger partial charge in [0.25, 0.3) is 0 Å². The standard InChI is InChI=1S/C36H37BO2/c1-34(2,3)30-18-16-24-12-14-28(21-29(24)22-30)33-11-9-8-10-32(33)27-15-13-26-23-31(19-17-25(26)20-27)37-38-35(4,5)36(6,7)39-37/h8-23H,1-7H3. The Kier molecular flexibility index (Phi) is 6.02. The highest BCUT2D eigenvalue weighted by Gasteiger charge is 2.51. The molecule has 39 heavy (non-hydrogen) atoms. The van der Waals surface area contributed by atoms with E-state index in [0.29, 0.717) is 0 Å². The van der Waals surface area contributed by atoms with Gasteiger partial charge < -0.3 is 9.31 Å². The molecule has 0 aromatic heterocycles. The summed E-state index contributed by atoms with van der Waals surface area (Å²) in [7, 11) is -0.355. The number of fused-ring (bicyclic) bond motifs is 2. The van der Waals surface area contributed by atoms with E-state index in [0.717, 1.165) is 5.46 Å². The fraction of sp³-hybridized carbons (Fsp3) is 0.278. The number of benzene rings is 5. The van der Waals surface area contributed by atoms with Crippen LogP contribution in [0.3, 0.4) is 0 Å². The van der Waals surface area contributed by atoms with Crippen molar-refractivity contribution in [3.05, 3.63) is 103 Å². The minimum absolute atomic E-state index is 0.121. The third-order valence-electron chi connectivity index (χ3n) is 8.65. The van der Waals surface area contributed by atoms with Gasteiger partial charge in [-0.25, -0.2) is 0 Å². The fourth-order valence-electron chi connectivity index (χ4n) is 5.42. The molecule has 0 unspecified atom stereocenters. The van der Waals surface area contributed by atoms with Crippen molar-refractivity contribution in [1.29, 1.82) is 0 Å². The second-order valence-corrected chi connectivity index (χ2v) is 13.0. The van der Waals surface area contributed by atoms with Crippen molar-refractivity contribution in [2.75, 3.05) is 0 Å². The summed E-state index contributed by atoms with van der Waals surface area (Å²) in [6.45, 7) is 15.2. The molecule has 0 saturated carbocycles. The molecule has 0 amide bonds. The molecule has 3 heteroatoms. The first-order chi connectivity index (χ1) is 18.4. The summed E-state index contributed by atoms with van der Waals surface area (Å²) >= 11 is 0. The van der Waals surface area contributed by atoms with Gasteiger partial charge in [-0.1, -0.05) is 106 Å². The monoisotopic (exact) mass is 512 g/mol. The van der Waals surface area contributed by atoms with Crippen molar-refractivity contribution >= 4 is 34.1 Å². The SMILES string of the molecule is CC(C)(C)c1ccc2ccc(-c3ccccc3-c3ccc4cc(B5OC(C)(C)C(C)(C)O5)ccc4c3)cc2c1. The van der Waals surface area contributed by atoms with Crippen molar-refractivity contribution in [3.63, 3.8) is 0 Å². The Morgan fingerprint density at radius 2 is 1.05 bits per heavy atom. The zero-order valence-corrected chi connectivity index (χ0v) is 24.1. The molecule has 2 nitrogen and oxygen atoms in total. The Morgan fingerprint density at radius 3 is 1.67 bits per heavy atom. The summed E-state index contributed by atoms with van der Waals surface area (Å²) in [5, 5.41) is 4.94. The van der Waals surface area contributed by atoms with Crippen molar-refractivity contribution in [2.24, 2.45) is 0 Å². The van der Waals surface area contributed by atoms with E-state index in [4.69, 9.17) is 9.31 Å². The molecule has 0 radical (unpaired) electrons. The first-order valence-corrected chi connectivity index (χ1v) is 13.9. The number of hydrogen-bond acceptors (Lipinski definition) is 2. The lowest BCUT2D eigenvalue weighted by Gasteiger charge is -2.32. The molecule has 1 heterocycles. The maximum absolute atomic E-state index is 6.29. The fourth-order valence-corrected chi connectivity index (χ4v) is 5.42. The van der Waals surface area contributed by atoms with Crippen LogP contribution in [0.25, 0.3) is 43.8 Å². The summed E-state index contributed by atoms with van der Waals surface area (Å²) in [6, 6.07) is 35.6. The Morgan fingerprint density at radius 1 is 0.538 bits per heavy atom. The van der Waals surface area contributed by atoms with Gasteiger partial charge in [0.05, 0.1) is 11.2 Å². The predicted molar refractivity (Wildman–Crippen MR) is 167 cm³/mol. The van der Waals surface area contributed by atoms with Crippen LogP contribution < -0.4 is 5.46 Å². The molecule has 0 atom stereocenters. The molecule has 0 N–H and O–H groups in total. The van der Waals surface area contributed by atoms with Gasteiger partial charge in [0, 0.05) is 0 Å². The van der Waals surface area contributed by atoms with E-state index in [1.807, 2.05) is 0 Å². The van der Waals surface area contributed by atoms with E-state index in [1.54, 1.807) is 0 Å². The zero-order valence-electron chi connectivity index (χ0n) is 24.1. The van der Waals surface area contributed by atoms with Gasteiger partial charge in [-0.3, -0.25) is 0 Å². The number of rotatable bonds is 3. The molecule has 196 valence electrons. The lowest BCUT2D eigenvalue weighted by Crippen LogP contribution is -2.41. The summed E-state index contributed by atoms with van der Waals surface area (Å²) in [6.07, 6.45) is 0. The molecule has 1 saturated heterocycles. The third-order valence-corrected chi connectivity index (χ3v) is 8.65. The van der Waals surface area contributed by atoms with Gasteiger partial charge >= 0.3 is 7.12 Å². The van der Waals surface area contributed by atoms with E-state index >= 15 is 0 Å². The molecule has 1 aliphatic rings. The van der Waals surface area contributed by atoms with E-state index in [2.05, 4.69) is 146 Å². The lowest BCUT2D eigenvalue weighted by atomic mass is 9.78. The van der Waals surface area contributed by atoms with Crippen LogP contribution in [0, 0.1) is 0 Å². The summed E-state index contributed by atoms with van der Waals surface area (Å²) < 4.78 is 12.6. The normalized spacial score (nSPS) is 16.7. The van der Waals surface area contributed by atoms with Crippen LogP contribution in [0.2, 0.25) is 0 Å². The Labute approximate surface area is 233 Å². The molecular weight excluding hydrogens is 475 g/mol. The van der Waals surface area contributed by atoms with Crippen LogP contribution in [0.5, 0.6) is 0 Å². The Bertz CT molecular complexity index is 1690. The van der Waals surface area contributed by atoms with Gasteiger partial charge in [-0.15, -0.1) is 0 Å². The van der Waals surface area contributed by atoms with Crippen LogP contribution in [0.4, 0.5) is 0 Å². The van der Waals surface area contributed by atoms with E-state index in [9.17, 15) is 0 Å². The third kappa shape index (κ3) is 4.69. The molecule has 5 aromatic rings. The zero-order chi connectivity index (χ0) is 27.6. The van der Waals surface area contributed by atoms with Crippen LogP contribution in [-0.2, 0) is 14.7 Å². The van der Waals surface area contributed by atoms with Crippen molar-refractivity contribution in [1.82, 2.24) is 0 Å². The van der Waals surface area contributed by atoms with Gasteiger partial charge in [0.1, 0.15) is 0 Å². The van der Waals surface area contributed by atoms with Crippen LogP contribution in [0.15, 0.2) is 97.1 Å². The minimum atomic E-state index is -0.355. The summed E-state index contributed by atoms with van der Waals surface area (Å²) in [4.78, 5) is 0. The molecule has 1 aliphatic heterocycles. The highest BCUT2D eigenvalue weighted by Crippen LogP contribution is 2.38. The second-order valence-electron chi connectivity index (χ2n) is 13.0. The first kappa shape index (κ1) is 25.9. The topological polar surface area (TPSA) is 18.5 Å². The Balaban J connectivity index is 1.37. The maximum atomic E-state index is 6.29. The molecule has 1 fully saturated rings. The van der Waals surface area contributed by atoms with Crippen LogP contribution >= 0.6 is 0 Å². The highest BCUT2D eigenvalue weighted by molar-refractivity contribution is 6.62. The van der Waals surface area contributed by atoms with E-state index in [-0.39, 0.29) is 23.7 Å². The highest BCUT2D eigenvalue weighted by atomic mass is 16.7. The maximum Gasteiger partial charge on any atom is 0.494 e. The summed E-state index contributed by atoms with van der Waals surface area (Å²) in [5.41, 5.74) is 6.76. The van der Waals surface area contributed by atoms with Gasteiger partial charge in [-0.05, 0) is 100 Å². The molecular formula is C36H37BO2. The molecule has 6 rings (SSSR count). The largest absolute Gasteiger partial charge is 0.494 e. The smallest absolute Gasteiger partial charge is 0.399 e. The number of hydrogen-bond donors (Lipinski definition) is 0. The minimum Gasteiger partial charge on any atom is -0.399 e. The first-order valence-electron chi connectivity index (χ1n) is 13.9. The second kappa shape index (κ2) is 9.08. The van der Waals surface area contributed by atoms with Gasteiger partial charge in [0.2, 0.25) is 0 Å². The molecule has 0 aliphatic carbocycles. The van der Waals surface area contributed by atoms with Crippen molar-refractivity contribution < 1.29 is 9.31 Å².